The van der Waals surface area contributed by atoms with E-state index in [2.05, 4.69) is 5.32 Å². The monoisotopic (exact) mass is 326 g/mol. The summed E-state index contributed by atoms with van der Waals surface area (Å²) < 4.78 is 28.7. The van der Waals surface area contributed by atoms with Crippen molar-refractivity contribution in [2.75, 3.05) is 31.3 Å². The third-order valence-electron chi connectivity index (χ3n) is 3.68. The van der Waals surface area contributed by atoms with Gasteiger partial charge in [0.25, 0.3) is 0 Å². The molecule has 1 fully saturated rings. The van der Waals surface area contributed by atoms with Crippen LogP contribution < -0.4 is 5.32 Å². The van der Waals surface area contributed by atoms with Crippen molar-refractivity contribution in [2.45, 2.75) is 31.2 Å². The molecule has 1 atom stereocenters. The van der Waals surface area contributed by atoms with Crippen molar-refractivity contribution in [3.05, 3.63) is 23.8 Å². The number of nitrogens with zero attached hydrogens (tertiary/aromatic N) is 1. The van der Waals surface area contributed by atoms with Crippen LogP contribution in [0.3, 0.4) is 0 Å². The van der Waals surface area contributed by atoms with Crippen LogP contribution in [0.25, 0.3) is 0 Å². The average Bonchev–Trinajstić information content (AvgIpc) is 2.61. The Labute approximate surface area is 131 Å². The van der Waals surface area contributed by atoms with Gasteiger partial charge in [0.05, 0.1) is 11.5 Å². The van der Waals surface area contributed by atoms with Crippen molar-refractivity contribution in [1.82, 2.24) is 4.90 Å². The number of aryl methyl sites for hydroxylation is 1. The number of hydrogen-bond acceptors (Lipinski definition) is 4. The number of ether oxygens (including phenoxy) is 1. The normalized spacial score (nSPS) is 19.6. The zero-order chi connectivity index (χ0) is 16.3. The number of anilines is 1. The fourth-order valence-corrected chi connectivity index (χ4v) is 3.17. The van der Waals surface area contributed by atoms with Gasteiger partial charge >= 0.3 is 6.03 Å². The van der Waals surface area contributed by atoms with Crippen molar-refractivity contribution in [2.24, 2.45) is 0 Å². The number of carbonyl (C=O) groups excluding carboxylic acids is 1. The van der Waals surface area contributed by atoms with Crippen LogP contribution in [0.2, 0.25) is 0 Å². The zero-order valence-corrected chi connectivity index (χ0v) is 13.9. The zero-order valence-electron chi connectivity index (χ0n) is 13.1. The maximum atomic E-state index is 12.4. The second-order valence-electron chi connectivity index (χ2n) is 5.68. The third kappa shape index (κ3) is 4.20. The first-order valence-electron chi connectivity index (χ1n) is 7.24. The molecule has 2 amide bonds. The summed E-state index contributed by atoms with van der Waals surface area (Å²) in [6.07, 6.45) is 1.94. The number of carbonyl (C=O) groups is 1. The van der Waals surface area contributed by atoms with Gasteiger partial charge in [-0.2, -0.15) is 0 Å². The number of hydrogen-bond donors (Lipinski definition) is 1. The van der Waals surface area contributed by atoms with E-state index in [1.807, 2.05) is 6.92 Å². The van der Waals surface area contributed by atoms with E-state index in [-0.39, 0.29) is 17.0 Å². The van der Waals surface area contributed by atoms with E-state index in [0.29, 0.717) is 25.4 Å². The quantitative estimate of drug-likeness (QED) is 0.902. The number of sulfone groups is 1. The fraction of sp³-hybridized carbons (Fsp3) is 0.533. The van der Waals surface area contributed by atoms with Crippen LogP contribution >= 0.6 is 0 Å². The number of rotatable bonds is 2. The van der Waals surface area contributed by atoms with E-state index in [4.69, 9.17) is 4.74 Å². The number of amides is 2. The van der Waals surface area contributed by atoms with Crippen LogP contribution in [-0.4, -0.2) is 51.4 Å². The molecule has 122 valence electrons. The molecule has 1 heterocycles. The van der Waals surface area contributed by atoms with Crippen molar-refractivity contribution in [1.29, 1.82) is 0 Å². The second kappa shape index (κ2) is 6.66. The predicted octanol–water partition coefficient (Wildman–Crippen LogP) is 2.04. The number of urea groups is 1. The van der Waals surface area contributed by atoms with Gasteiger partial charge in [0, 0.05) is 31.1 Å². The molecule has 1 aromatic carbocycles. The molecule has 1 unspecified atom stereocenters. The van der Waals surface area contributed by atoms with Crippen molar-refractivity contribution >= 4 is 21.6 Å². The largest absolute Gasteiger partial charge is 0.380 e. The summed E-state index contributed by atoms with van der Waals surface area (Å²) in [4.78, 5) is 14.3. The van der Waals surface area contributed by atoms with E-state index in [1.54, 1.807) is 24.0 Å². The minimum Gasteiger partial charge on any atom is -0.380 e. The first kappa shape index (κ1) is 16.8. The molecule has 1 aromatic rings. The Morgan fingerprint density at radius 1 is 1.32 bits per heavy atom. The van der Waals surface area contributed by atoms with E-state index >= 15 is 0 Å². The van der Waals surface area contributed by atoms with Gasteiger partial charge < -0.3 is 15.0 Å². The molecule has 2 rings (SSSR count). The van der Waals surface area contributed by atoms with Crippen LogP contribution in [0.1, 0.15) is 18.9 Å². The molecule has 0 bridgehead atoms. The summed E-state index contributed by atoms with van der Waals surface area (Å²) in [5.74, 6) is 0. The molecule has 0 radical (unpaired) electrons. The fourth-order valence-electron chi connectivity index (χ4n) is 2.43. The highest BCUT2D eigenvalue weighted by Gasteiger charge is 2.22. The Kier molecular flexibility index (Phi) is 5.08. The summed E-state index contributed by atoms with van der Waals surface area (Å²) in [6, 6.07) is 4.68. The standard InChI is InChI=1S/C15H22N2O4S/c1-11-8-13(10-14(9-11)22(3,19)20)16-15(18)17-5-7-21-6-4-12(17)2/h8-10,12H,4-7H2,1-3H3,(H,16,18). The highest BCUT2D eigenvalue weighted by atomic mass is 32.2. The van der Waals surface area contributed by atoms with Crippen LogP contribution in [0.15, 0.2) is 23.1 Å². The van der Waals surface area contributed by atoms with Crippen LogP contribution in [0.5, 0.6) is 0 Å². The Bertz CT molecular complexity index is 658. The molecule has 0 aromatic heterocycles. The lowest BCUT2D eigenvalue weighted by Crippen LogP contribution is -2.42. The smallest absolute Gasteiger partial charge is 0.322 e. The average molecular weight is 326 g/mol. The van der Waals surface area contributed by atoms with E-state index < -0.39 is 9.84 Å². The molecule has 1 saturated heterocycles. The lowest BCUT2D eigenvalue weighted by Gasteiger charge is -2.26. The van der Waals surface area contributed by atoms with Gasteiger partial charge in [-0.15, -0.1) is 0 Å². The summed E-state index contributed by atoms with van der Waals surface area (Å²) in [6.45, 7) is 5.46. The topological polar surface area (TPSA) is 75.7 Å². The second-order valence-corrected chi connectivity index (χ2v) is 7.70. The summed E-state index contributed by atoms with van der Waals surface area (Å²) in [5, 5.41) is 2.79. The molecule has 22 heavy (non-hydrogen) atoms. The number of nitrogens with one attached hydrogen (secondary N) is 1. The molecule has 0 aliphatic carbocycles. The molecular weight excluding hydrogens is 304 g/mol. The maximum Gasteiger partial charge on any atom is 0.322 e. The molecule has 1 aliphatic heterocycles. The van der Waals surface area contributed by atoms with Crippen molar-refractivity contribution in [3.63, 3.8) is 0 Å². The summed E-state index contributed by atoms with van der Waals surface area (Å²) >= 11 is 0. The lowest BCUT2D eigenvalue weighted by molar-refractivity contribution is 0.143. The molecule has 0 spiro atoms. The first-order valence-corrected chi connectivity index (χ1v) is 9.13. The van der Waals surface area contributed by atoms with Gasteiger partial charge in [0.1, 0.15) is 0 Å². The highest BCUT2D eigenvalue weighted by Crippen LogP contribution is 2.20. The Hall–Kier alpha value is -1.60. The van der Waals surface area contributed by atoms with Gasteiger partial charge in [0.2, 0.25) is 0 Å². The van der Waals surface area contributed by atoms with Gasteiger partial charge in [0.15, 0.2) is 9.84 Å². The molecule has 1 aliphatic rings. The first-order chi connectivity index (χ1) is 10.3. The van der Waals surface area contributed by atoms with Crippen LogP contribution in [0.4, 0.5) is 10.5 Å². The minimum atomic E-state index is -3.31. The highest BCUT2D eigenvalue weighted by molar-refractivity contribution is 7.90. The van der Waals surface area contributed by atoms with Gasteiger partial charge in [-0.3, -0.25) is 0 Å². The van der Waals surface area contributed by atoms with E-state index in [0.717, 1.165) is 18.2 Å². The van der Waals surface area contributed by atoms with E-state index in [9.17, 15) is 13.2 Å². The van der Waals surface area contributed by atoms with Crippen molar-refractivity contribution < 1.29 is 17.9 Å². The molecule has 1 N–H and O–H groups in total. The van der Waals surface area contributed by atoms with Gasteiger partial charge in [-0.05, 0) is 44.0 Å². The van der Waals surface area contributed by atoms with Crippen LogP contribution in [0, 0.1) is 6.92 Å². The van der Waals surface area contributed by atoms with E-state index in [1.165, 1.54) is 6.07 Å². The molecule has 0 saturated carbocycles. The SMILES string of the molecule is Cc1cc(NC(=O)N2CCOCCC2C)cc(S(C)(=O)=O)c1. The predicted molar refractivity (Wildman–Crippen MR) is 84.9 cm³/mol. The maximum absolute atomic E-state index is 12.4. The summed E-state index contributed by atoms with van der Waals surface area (Å²) in [7, 11) is -3.31. The minimum absolute atomic E-state index is 0.0849. The number of benzene rings is 1. The van der Waals surface area contributed by atoms with Gasteiger partial charge in [-0.25, -0.2) is 13.2 Å². The summed E-state index contributed by atoms with van der Waals surface area (Å²) in [5.41, 5.74) is 1.27. The lowest BCUT2D eigenvalue weighted by atomic mass is 10.2. The Balaban J connectivity index is 2.19. The third-order valence-corrected chi connectivity index (χ3v) is 4.77. The Morgan fingerprint density at radius 3 is 2.73 bits per heavy atom. The molecule has 7 heteroatoms. The van der Waals surface area contributed by atoms with Crippen molar-refractivity contribution in [3.8, 4) is 0 Å². The van der Waals surface area contributed by atoms with Crippen LogP contribution in [-0.2, 0) is 14.6 Å². The van der Waals surface area contributed by atoms with Gasteiger partial charge in [-0.1, -0.05) is 0 Å². The Morgan fingerprint density at radius 2 is 2.05 bits per heavy atom. The molecular formula is C15H22N2O4S. The molecule has 6 nitrogen and oxygen atoms in total.